The monoisotopic (exact) mass is 565 g/mol. The van der Waals surface area contributed by atoms with Gasteiger partial charge < -0.3 is 10.5 Å². The molecule has 2 fully saturated rings. The zero-order valence-corrected chi connectivity index (χ0v) is 21.9. The number of rotatable bonds is 8. The molecule has 2 aliphatic rings. The molecule has 5 rings (SSSR count). The van der Waals surface area contributed by atoms with Crippen molar-refractivity contribution in [2.45, 2.75) is 56.8 Å². The Morgan fingerprint density at radius 2 is 2.02 bits per heavy atom. The van der Waals surface area contributed by atoms with Gasteiger partial charge in [-0.1, -0.05) is 24.3 Å². The Hall–Kier alpha value is -4.54. The molecule has 0 spiro atoms. The maximum atomic E-state index is 14.5. The molecular weight excluding hydrogens is 539 g/mol. The van der Waals surface area contributed by atoms with Gasteiger partial charge in [-0.25, -0.2) is 33.2 Å². The van der Waals surface area contributed by atoms with Crippen molar-refractivity contribution in [1.82, 2.24) is 15.3 Å². The Kier molecular flexibility index (Phi) is 7.61. The fraction of sp³-hybridized carbons (Fsp3) is 0.321. The molecule has 3 atom stereocenters. The van der Waals surface area contributed by atoms with Crippen LogP contribution < -0.4 is 20.4 Å². The number of halogens is 3. The summed E-state index contributed by atoms with van der Waals surface area (Å²) in [6.45, 7) is 1.72. The van der Waals surface area contributed by atoms with E-state index in [1.807, 2.05) is 6.07 Å². The van der Waals surface area contributed by atoms with Crippen LogP contribution in [0.5, 0.6) is 0 Å². The zero-order valence-electron chi connectivity index (χ0n) is 21.9. The van der Waals surface area contributed by atoms with E-state index >= 15 is 0 Å². The summed E-state index contributed by atoms with van der Waals surface area (Å²) in [6, 6.07) is 10.4. The maximum absolute atomic E-state index is 14.5. The predicted octanol–water partition coefficient (Wildman–Crippen LogP) is 2.71. The molecule has 3 heterocycles. The quantitative estimate of drug-likeness (QED) is 0.402. The van der Waals surface area contributed by atoms with E-state index in [-0.39, 0.29) is 29.9 Å². The van der Waals surface area contributed by atoms with Crippen LogP contribution in [0, 0.1) is 29.3 Å². The van der Waals surface area contributed by atoms with Gasteiger partial charge in [0.25, 0.3) is 11.8 Å². The molecule has 41 heavy (non-hydrogen) atoms. The Labute approximate surface area is 233 Å². The van der Waals surface area contributed by atoms with Crippen molar-refractivity contribution in [2.75, 3.05) is 9.91 Å². The van der Waals surface area contributed by atoms with Gasteiger partial charge in [-0.15, -0.1) is 0 Å². The summed E-state index contributed by atoms with van der Waals surface area (Å²) in [4.78, 5) is 36.0. The number of hydroxylamine groups is 1. The maximum Gasteiger partial charge on any atom is 0.253 e. The fourth-order valence-corrected chi connectivity index (χ4v) is 5.26. The van der Waals surface area contributed by atoms with Crippen LogP contribution in [0.15, 0.2) is 61.1 Å². The second kappa shape index (κ2) is 11.1. The van der Waals surface area contributed by atoms with Crippen LogP contribution in [0.1, 0.15) is 48.4 Å². The number of aromatic nitrogens is 2. The van der Waals surface area contributed by atoms with Gasteiger partial charge in [0.2, 0.25) is 5.91 Å². The van der Waals surface area contributed by atoms with Gasteiger partial charge in [-0.2, -0.15) is 5.26 Å². The second-order valence-electron chi connectivity index (χ2n) is 10.1. The van der Waals surface area contributed by atoms with Crippen molar-refractivity contribution >= 4 is 23.3 Å². The van der Waals surface area contributed by atoms with Gasteiger partial charge in [-0.3, -0.25) is 14.6 Å². The largest absolute Gasteiger partial charge is 0.606 e. The molecule has 3 aromatic rings. The van der Waals surface area contributed by atoms with E-state index in [1.54, 1.807) is 31.2 Å². The average Bonchev–Trinajstić information content (AvgIpc) is 3.32. The van der Waals surface area contributed by atoms with Crippen molar-refractivity contribution < 1.29 is 27.9 Å². The molecule has 1 saturated heterocycles. The minimum absolute atomic E-state index is 0.0114. The lowest BCUT2D eigenvalue weighted by molar-refractivity contribution is -0.885. The number of nitriles is 1. The smallest absolute Gasteiger partial charge is 0.253 e. The van der Waals surface area contributed by atoms with Crippen molar-refractivity contribution in [3.8, 4) is 6.07 Å². The SMILES string of the molecule is Cc1ccccc1[C@@H](C(=O)NC1CC(F)(F)C1)N(c1cncc(F)c1)[NH+]([O-])[C@@H]1CCC(=O)N1c1cc(C#N)ccn1. The average molecular weight is 566 g/mol. The van der Waals surface area contributed by atoms with Crippen molar-refractivity contribution in [3.63, 3.8) is 0 Å². The Bertz CT molecular complexity index is 1510. The number of nitrogens with one attached hydrogen (secondary N) is 2. The number of carbonyl (C=O) groups is 2. The van der Waals surface area contributed by atoms with Gasteiger partial charge in [0.15, 0.2) is 12.2 Å². The van der Waals surface area contributed by atoms with E-state index in [1.165, 1.54) is 29.4 Å². The first-order valence-electron chi connectivity index (χ1n) is 12.9. The number of alkyl halides is 2. The van der Waals surface area contributed by atoms with Gasteiger partial charge in [0.1, 0.15) is 17.3 Å². The molecule has 2 aromatic heterocycles. The first kappa shape index (κ1) is 28.0. The van der Waals surface area contributed by atoms with Crippen LogP contribution in [0.2, 0.25) is 0 Å². The van der Waals surface area contributed by atoms with Gasteiger partial charge in [0.05, 0.1) is 24.0 Å². The first-order valence-corrected chi connectivity index (χ1v) is 12.9. The highest BCUT2D eigenvalue weighted by molar-refractivity contribution is 5.95. The van der Waals surface area contributed by atoms with Crippen LogP contribution >= 0.6 is 0 Å². The number of amides is 2. The summed E-state index contributed by atoms with van der Waals surface area (Å²) in [5.41, 5.74) is 1.17. The number of hydrogen-bond acceptors (Lipinski definition) is 7. The lowest BCUT2D eigenvalue weighted by Gasteiger charge is -2.45. The summed E-state index contributed by atoms with van der Waals surface area (Å²) in [6.07, 6.45) is 1.31. The number of aryl methyl sites for hydroxylation is 1. The molecule has 212 valence electrons. The molecule has 1 aliphatic carbocycles. The van der Waals surface area contributed by atoms with Crippen LogP contribution in [-0.4, -0.2) is 39.9 Å². The van der Waals surface area contributed by atoms with Crippen molar-refractivity contribution in [2.24, 2.45) is 0 Å². The normalized spacial score (nSPS) is 19.7. The van der Waals surface area contributed by atoms with Crippen molar-refractivity contribution in [3.05, 3.63) is 88.8 Å². The third-order valence-corrected chi connectivity index (χ3v) is 7.25. The summed E-state index contributed by atoms with van der Waals surface area (Å²) in [5.74, 6) is -4.75. The molecule has 2 amide bonds. The topological polar surface area (TPSA) is 130 Å². The lowest BCUT2D eigenvalue weighted by Crippen LogP contribution is -3.20. The number of pyridine rings is 2. The summed E-state index contributed by atoms with van der Waals surface area (Å²) in [5, 5.41) is 26.7. The molecule has 0 radical (unpaired) electrons. The summed E-state index contributed by atoms with van der Waals surface area (Å²) >= 11 is 0. The van der Waals surface area contributed by atoms with E-state index in [2.05, 4.69) is 15.3 Å². The van der Waals surface area contributed by atoms with Crippen molar-refractivity contribution in [1.29, 1.82) is 5.26 Å². The van der Waals surface area contributed by atoms with Crippen LogP contribution in [0.4, 0.5) is 24.7 Å². The number of nitrogens with zero attached hydrogens (tertiary/aromatic N) is 5. The van der Waals surface area contributed by atoms with Crippen LogP contribution in [0.25, 0.3) is 0 Å². The Morgan fingerprint density at radius 3 is 2.71 bits per heavy atom. The third kappa shape index (κ3) is 5.70. The molecule has 0 bridgehead atoms. The highest BCUT2D eigenvalue weighted by Crippen LogP contribution is 2.38. The molecule has 1 unspecified atom stereocenters. The Balaban J connectivity index is 1.60. The zero-order chi connectivity index (χ0) is 29.3. The number of anilines is 2. The van der Waals surface area contributed by atoms with E-state index in [0.717, 1.165) is 17.3 Å². The van der Waals surface area contributed by atoms with Gasteiger partial charge in [0, 0.05) is 44.0 Å². The number of quaternary nitrogens is 1. The van der Waals surface area contributed by atoms with E-state index in [4.69, 9.17) is 0 Å². The standard InChI is InChI=1S/C28H26F3N7O3/c1-17-4-2-3-5-22(17)26(27(40)35-20-12-28(30,31)13-20)37(21-11-19(29)15-33-16-21)38(41)24-6-7-25(39)36(24)23-10-18(14-32)8-9-34-23/h2-5,8-11,15-16,20,24,26,38H,6-7,12-13H2,1H3,(H,35,40)/t24-,26+/m1/s1. The Morgan fingerprint density at radius 1 is 1.27 bits per heavy atom. The van der Waals surface area contributed by atoms with Gasteiger partial charge in [-0.05, 0) is 30.2 Å². The number of hydrogen-bond donors (Lipinski definition) is 2. The number of benzene rings is 1. The molecular formula is C28H26F3N7O3. The third-order valence-electron chi connectivity index (χ3n) is 7.25. The second-order valence-corrected chi connectivity index (χ2v) is 10.1. The summed E-state index contributed by atoms with van der Waals surface area (Å²) < 4.78 is 41.7. The van der Waals surface area contributed by atoms with Crippen LogP contribution in [0.3, 0.4) is 0 Å². The van der Waals surface area contributed by atoms with E-state index in [9.17, 15) is 33.2 Å². The number of carbonyl (C=O) groups excluding carboxylic acids is 2. The minimum atomic E-state index is -2.90. The van der Waals surface area contributed by atoms with E-state index < -0.39 is 59.8 Å². The molecule has 1 aromatic carbocycles. The fourth-order valence-electron chi connectivity index (χ4n) is 5.26. The highest BCUT2D eigenvalue weighted by Gasteiger charge is 2.48. The molecule has 10 nitrogen and oxygen atoms in total. The molecule has 1 aliphatic heterocycles. The minimum Gasteiger partial charge on any atom is -0.606 e. The first-order chi connectivity index (χ1) is 19.6. The predicted molar refractivity (Wildman–Crippen MR) is 140 cm³/mol. The van der Waals surface area contributed by atoms with Gasteiger partial charge >= 0.3 is 0 Å². The highest BCUT2D eigenvalue weighted by atomic mass is 19.3. The van der Waals surface area contributed by atoms with Crippen LogP contribution in [-0.2, 0) is 9.59 Å². The molecule has 1 saturated carbocycles. The lowest BCUT2D eigenvalue weighted by atomic mass is 9.87. The molecule has 13 heteroatoms. The molecule has 2 N–H and O–H groups in total. The summed E-state index contributed by atoms with van der Waals surface area (Å²) in [7, 11) is 0. The van der Waals surface area contributed by atoms with E-state index in [0.29, 0.717) is 11.1 Å².